The van der Waals surface area contributed by atoms with Crippen molar-refractivity contribution in [3.63, 3.8) is 0 Å². The van der Waals surface area contributed by atoms with Gasteiger partial charge in [-0.1, -0.05) is 12.2 Å². The number of nitro benzene ring substituents is 1. The number of benzene rings is 1. The molecular formula is C11H10N2O2. The predicted molar refractivity (Wildman–Crippen MR) is 58.0 cm³/mol. The molecule has 1 aromatic rings. The molecule has 0 aliphatic carbocycles. The van der Waals surface area contributed by atoms with Gasteiger partial charge in [0.1, 0.15) is 0 Å². The first-order valence-electron chi connectivity index (χ1n) is 4.64. The number of hydrogen-bond acceptors (Lipinski definition) is 3. The second kappa shape index (κ2) is 3.96. The van der Waals surface area contributed by atoms with Gasteiger partial charge >= 0.3 is 0 Å². The summed E-state index contributed by atoms with van der Waals surface area (Å²) in [7, 11) is 0. The quantitative estimate of drug-likeness (QED) is 0.592. The first kappa shape index (κ1) is 9.45. The number of non-ortho nitro benzene ring substituents is 1. The molecule has 4 nitrogen and oxygen atoms in total. The van der Waals surface area contributed by atoms with Gasteiger partial charge in [0, 0.05) is 17.8 Å². The third kappa shape index (κ3) is 2.04. The Hall–Kier alpha value is -2.10. The lowest BCUT2D eigenvalue weighted by Crippen LogP contribution is -2.06. The minimum Gasteiger partial charge on any atom is -0.362 e. The van der Waals surface area contributed by atoms with Gasteiger partial charge in [-0.2, -0.15) is 0 Å². The minimum atomic E-state index is -0.396. The van der Waals surface area contributed by atoms with Crippen molar-refractivity contribution in [1.29, 1.82) is 0 Å². The van der Waals surface area contributed by atoms with Crippen LogP contribution in [0.4, 0.5) is 5.69 Å². The van der Waals surface area contributed by atoms with Crippen LogP contribution in [0.15, 0.2) is 42.6 Å². The van der Waals surface area contributed by atoms with Gasteiger partial charge in [0.25, 0.3) is 5.69 Å². The van der Waals surface area contributed by atoms with Crippen LogP contribution in [0.5, 0.6) is 0 Å². The molecule has 0 bridgehead atoms. The van der Waals surface area contributed by atoms with Crippen molar-refractivity contribution in [3.8, 4) is 0 Å². The standard InChI is InChI=1S/C11H10N2O2/c14-13(15)10-6-4-9(5-7-10)11-3-1-2-8-12-11/h2-8,12H,1H2. The molecule has 0 unspecified atom stereocenters. The average molecular weight is 202 g/mol. The molecule has 0 radical (unpaired) electrons. The lowest BCUT2D eigenvalue weighted by molar-refractivity contribution is -0.384. The van der Waals surface area contributed by atoms with Crippen LogP contribution < -0.4 is 5.32 Å². The zero-order valence-electron chi connectivity index (χ0n) is 8.01. The summed E-state index contributed by atoms with van der Waals surface area (Å²) in [5.74, 6) is 0. The minimum absolute atomic E-state index is 0.116. The van der Waals surface area contributed by atoms with Crippen LogP contribution in [0.2, 0.25) is 0 Å². The number of nitro groups is 1. The van der Waals surface area contributed by atoms with Gasteiger partial charge in [0.15, 0.2) is 0 Å². The molecule has 0 fully saturated rings. The van der Waals surface area contributed by atoms with E-state index < -0.39 is 4.92 Å². The summed E-state index contributed by atoms with van der Waals surface area (Å²) in [6, 6.07) is 6.51. The van der Waals surface area contributed by atoms with Gasteiger partial charge in [-0.15, -0.1) is 0 Å². The Morgan fingerprint density at radius 3 is 2.53 bits per heavy atom. The number of dihydropyridines is 1. The molecule has 1 aliphatic rings. The third-order valence-electron chi connectivity index (χ3n) is 2.20. The zero-order valence-corrected chi connectivity index (χ0v) is 8.01. The largest absolute Gasteiger partial charge is 0.362 e. The Balaban J connectivity index is 2.23. The molecule has 1 aliphatic heterocycles. The van der Waals surface area contributed by atoms with Crippen molar-refractivity contribution >= 4 is 11.4 Å². The van der Waals surface area contributed by atoms with E-state index in [1.54, 1.807) is 12.1 Å². The van der Waals surface area contributed by atoms with Crippen LogP contribution in [0.1, 0.15) is 12.0 Å². The van der Waals surface area contributed by atoms with Crippen molar-refractivity contribution in [2.75, 3.05) is 0 Å². The van der Waals surface area contributed by atoms with Gasteiger partial charge in [0.05, 0.1) is 4.92 Å². The summed E-state index contributed by atoms with van der Waals surface area (Å²) in [6.07, 6.45) is 6.81. The Kier molecular flexibility index (Phi) is 2.49. The van der Waals surface area contributed by atoms with E-state index >= 15 is 0 Å². The predicted octanol–water partition coefficient (Wildman–Crippen LogP) is 2.44. The van der Waals surface area contributed by atoms with Crippen molar-refractivity contribution < 1.29 is 4.92 Å². The molecule has 0 saturated heterocycles. The van der Waals surface area contributed by atoms with E-state index in [-0.39, 0.29) is 5.69 Å². The summed E-state index contributed by atoms with van der Waals surface area (Å²) in [5.41, 5.74) is 2.07. The van der Waals surface area contributed by atoms with E-state index in [9.17, 15) is 10.1 Å². The van der Waals surface area contributed by atoms with Crippen molar-refractivity contribution in [2.45, 2.75) is 6.42 Å². The van der Waals surface area contributed by atoms with E-state index in [0.717, 1.165) is 17.7 Å². The molecule has 1 heterocycles. The Labute approximate surface area is 87.1 Å². The zero-order chi connectivity index (χ0) is 10.7. The lowest BCUT2D eigenvalue weighted by atomic mass is 10.1. The van der Waals surface area contributed by atoms with E-state index in [1.165, 1.54) is 12.1 Å². The van der Waals surface area contributed by atoms with Crippen LogP contribution in [0.3, 0.4) is 0 Å². The van der Waals surface area contributed by atoms with Crippen LogP contribution in [0.25, 0.3) is 5.70 Å². The van der Waals surface area contributed by atoms with Crippen molar-refractivity contribution in [1.82, 2.24) is 5.32 Å². The smallest absolute Gasteiger partial charge is 0.269 e. The average Bonchev–Trinajstić information content (AvgIpc) is 2.30. The first-order chi connectivity index (χ1) is 7.27. The fraction of sp³-hybridized carbons (Fsp3) is 0.0909. The highest BCUT2D eigenvalue weighted by atomic mass is 16.6. The topological polar surface area (TPSA) is 55.2 Å². The molecule has 2 rings (SSSR count). The maximum atomic E-state index is 10.5. The third-order valence-corrected chi connectivity index (χ3v) is 2.20. The van der Waals surface area contributed by atoms with Crippen LogP contribution in [0, 0.1) is 10.1 Å². The monoisotopic (exact) mass is 202 g/mol. The number of hydrogen-bond donors (Lipinski definition) is 1. The molecule has 15 heavy (non-hydrogen) atoms. The summed E-state index contributed by atoms with van der Waals surface area (Å²) >= 11 is 0. The molecule has 1 aromatic carbocycles. The van der Waals surface area contributed by atoms with E-state index in [0.29, 0.717) is 0 Å². The normalized spacial score (nSPS) is 14.3. The van der Waals surface area contributed by atoms with Crippen molar-refractivity contribution in [3.05, 3.63) is 58.3 Å². The van der Waals surface area contributed by atoms with E-state index in [2.05, 4.69) is 5.32 Å². The van der Waals surface area contributed by atoms with E-state index in [1.807, 2.05) is 18.4 Å². The van der Waals surface area contributed by atoms with Gasteiger partial charge in [-0.05, 0) is 30.3 Å². The van der Waals surface area contributed by atoms with Crippen LogP contribution in [-0.2, 0) is 0 Å². The number of nitrogens with zero attached hydrogens (tertiary/aromatic N) is 1. The molecule has 0 amide bonds. The summed E-state index contributed by atoms with van der Waals surface area (Å²) in [6.45, 7) is 0. The van der Waals surface area contributed by atoms with Gasteiger partial charge in [-0.25, -0.2) is 0 Å². The highest BCUT2D eigenvalue weighted by molar-refractivity contribution is 5.66. The van der Waals surface area contributed by atoms with Crippen LogP contribution >= 0.6 is 0 Å². The summed E-state index contributed by atoms with van der Waals surface area (Å²) < 4.78 is 0. The maximum absolute atomic E-state index is 10.5. The number of rotatable bonds is 2. The molecule has 0 atom stereocenters. The lowest BCUT2D eigenvalue weighted by Gasteiger charge is -2.10. The van der Waals surface area contributed by atoms with Crippen molar-refractivity contribution in [2.24, 2.45) is 0 Å². The molecule has 1 N–H and O–H groups in total. The maximum Gasteiger partial charge on any atom is 0.269 e. The fourth-order valence-electron chi connectivity index (χ4n) is 1.43. The molecule has 0 aromatic heterocycles. The Bertz CT molecular complexity index is 432. The Morgan fingerprint density at radius 1 is 1.27 bits per heavy atom. The summed E-state index contributed by atoms with van der Waals surface area (Å²) in [4.78, 5) is 10.1. The Morgan fingerprint density at radius 2 is 2.00 bits per heavy atom. The molecular weight excluding hydrogens is 192 g/mol. The summed E-state index contributed by atoms with van der Waals surface area (Å²) in [5, 5.41) is 13.5. The number of nitrogens with one attached hydrogen (secondary N) is 1. The highest BCUT2D eigenvalue weighted by Gasteiger charge is 2.06. The first-order valence-corrected chi connectivity index (χ1v) is 4.64. The second-order valence-electron chi connectivity index (χ2n) is 3.20. The highest BCUT2D eigenvalue weighted by Crippen LogP contribution is 2.18. The fourth-order valence-corrected chi connectivity index (χ4v) is 1.43. The van der Waals surface area contributed by atoms with Gasteiger partial charge in [0.2, 0.25) is 0 Å². The van der Waals surface area contributed by atoms with E-state index in [4.69, 9.17) is 0 Å². The number of allylic oxidation sites excluding steroid dienone is 2. The molecule has 0 spiro atoms. The van der Waals surface area contributed by atoms with Crippen LogP contribution in [-0.4, -0.2) is 4.92 Å². The SMILES string of the molecule is O=[N+]([O-])c1ccc(C2=CCC=CN2)cc1. The molecule has 0 saturated carbocycles. The van der Waals surface area contributed by atoms with Gasteiger partial charge in [-0.3, -0.25) is 10.1 Å². The molecule has 76 valence electrons. The molecule has 4 heteroatoms. The second-order valence-corrected chi connectivity index (χ2v) is 3.20. The van der Waals surface area contributed by atoms with Gasteiger partial charge < -0.3 is 5.32 Å².